The van der Waals surface area contributed by atoms with E-state index in [1.165, 1.54) is 4.90 Å². The summed E-state index contributed by atoms with van der Waals surface area (Å²) in [7, 11) is 0. The van der Waals surface area contributed by atoms with Crippen molar-refractivity contribution >= 4 is 57.6 Å². The number of hydrogen-bond acceptors (Lipinski definition) is 14. The zero-order valence-corrected chi connectivity index (χ0v) is 39.1. The highest BCUT2D eigenvalue weighted by Gasteiger charge is 2.44. The number of aliphatic hydroxyl groups is 1. The molecule has 5 aromatic rings. The predicted molar refractivity (Wildman–Crippen MR) is 249 cm³/mol. The van der Waals surface area contributed by atoms with Gasteiger partial charge in [0.2, 0.25) is 29.4 Å². The van der Waals surface area contributed by atoms with Crippen LogP contribution in [0.3, 0.4) is 0 Å². The highest BCUT2D eigenvalue weighted by Crippen LogP contribution is 2.30. The third-order valence-corrected chi connectivity index (χ3v) is 12.7. The summed E-state index contributed by atoms with van der Waals surface area (Å²) in [4.78, 5) is 73.5. The summed E-state index contributed by atoms with van der Waals surface area (Å²) in [5.74, 6) is 0.0968. The Bertz CT molecular complexity index is 2430. The number of likely N-dealkylation sites (tertiary alicyclic amines) is 1. The average Bonchev–Trinajstić information content (AvgIpc) is 4.03. The van der Waals surface area contributed by atoms with Gasteiger partial charge in [-0.1, -0.05) is 57.2 Å². The van der Waals surface area contributed by atoms with Crippen LogP contribution in [0, 0.1) is 12.3 Å². The Morgan fingerprint density at radius 3 is 2.18 bits per heavy atom. The van der Waals surface area contributed by atoms with Crippen molar-refractivity contribution in [2.75, 3.05) is 90.5 Å². The van der Waals surface area contributed by atoms with E-state index in [-0.39, 0.29) is 63.9 Å². The van der Waals surface area contributed by atoms with Gasteiger partial charge in [0, 0.05) is 45.3 Å². The van der Waals surface area contributed by atoms with Gasteiger partial charge in [-0.25, -0.2) is 9.97 Å². The Hall–Kier alpha value is -5.57. The Morgan fingerprint density at radius 1 is 0.848 bits per heavy atom. The summed E-state index contributed by atoms with van der Waals surface area (Å²) in [6.07, 6.45) is 1.19. The number of amides is 4. The van der Waals surface area contributed by atoms with E-state index in [1.54, 1.807) is 16.2 Å². The molecule has 0 saturated carbocycles. The minimum absolute atomic E-state index is 0.0235. The number of rotatable bonds is 20. The third-order valence-electron chi connectivity index (χ3n) is 11.8. The second-order valence-corrected chi connectivity index (χ2v) is 18.5. The van der Waals surface area contributed by atoms with Gasteiger partial charge in [0.15, 0.2) is 0 Å². The van der Waals surface area contributed by atoms with E-state index in [1.807, 2.05) is 105 Å². The summed E-state index contributed by atoms with van der Waals surface area (Å²) in [6, 6.07) is 15.6. The molecule has 3 aromatic heterocycles. The number of β-amino-alcohol motifs (C(OH)–C–C–N with tert-alkyl or cyclic N) is 1. The van der Waals surface area contributed by atoms with Crippen LogP contribution in [-0.2, 0) is 38.1 Å². The highest BCUT2D eigenvalue weighted by molar-refractivity contribution is 7.13. The number of benzene rings is 2. The molecule has 2 saturated heterocycles. The largest absolute Gasteiger partial charge is 0.391 e. The lowest BCUT2D eigenvalue weighted by atomic mass is 9.85. The first-order valence-electron chi connectivity index (χ1n) is 22.4. The number of ether oxygens (including phenoxy) is 4. The second kappa shape index (κ2) is 22.3. The fourth-order valence-corrected chi connectivity index (χ4v) is 8.90. The van der Waals surface area contributed by atoms with E-state index in [2.05, 4.69) is 25.5 Å². The zero-order valence-electron chi connectivity index (χ0n) is 38.3. The molecule has 4 amide bonds. The summed E-state index contributed by atoms with van der Waals surface area (Å²) in [5.41, 5.74) is 5.92. The highest BCUT2D eigenvalue weighted by atomic mass is 32.1. The molecule has 66 heavy (non-hydrogen) atoms. The molecule has 4 atom stereocenters. The number of para-hydroxylation sites is 2. The summed E-state index contributed by atoms with van der Waals surface area (Å²) in [5, 5.41) is 16.4. The average molecular weight is 928 g/mol. The topological polar surface area (TPSA) is 202 Å². The van der Waals surface area contributed by atoms with Gasteiger partial charge in [0.25, 0.3) is 0 Å². The van der Waals surface area contributed by atoms with Crippen molar-refractivity contribution in [2.45, 2.75) is 65.3 Å². The fourth-order valence-electron chi connectivity index (χ4n) is 8.09. The van der Waals surface area contributed by atoms with Crippen LogP contribution < -0.4 is 15.5 Å². The van der Waals surface area contributed by atoms with Crippen LogP contribution in [-0.4, -0.2) is 162 Å². The molecule has 3 N–H and O–H groups in total. The molecular weight excluding hydrogens is 867 g/mol. The van der Waals surface area contributed by atoms with Gasteiger partial charge in [0.1, 0.15) is 31.1 Å². The summed E-state index contributed by atoms with van der Waals surface area (Å²) in [6.45, 7) is 13.0. The number of fused-ring (bicyclic) bond motifs is 3. The molecular formula is C47H61N9O9S. The number of imidazole rings is 1. The number of aromatic nitrogens is 4. The van der Waals surface area contributed by atoms with E-state index in [4.69, 9.17) is 23.9 Å². The maximum absolute atomic E-state index is 14.0. The molecule has 0 bridgehead atoms. The van der Waals surface area contributed by atoms with Crippen LogP contribution >= 0.6 is 11.3 Å². The van der Waals surface area contributed by atoms with Gasteiger partial charge in [-0.15, -0.1) is 11.3 Å². The molecule has 2 aromatic carbocycles. The van der Waals surface area contributed by atoms with Crippen molar-refractivity contribution in [3.05, 3.63) is 77.6 Å². The normalized spacial score (nSPS) is 17.6. The Morgan fingerprint density at radius 2 is 1.52 bits per heavy atom. The maximum atomic E-state index is 14.0. The Balaban J connectivity index is 0.734. The van der Waals surface area contributed by atoms with Crippen LogP contribution in [0.5, 0.6) is 0 Å². The number of thiazole rings is 1. The monoisotopic (exact) mass is 927 g/mol. The number of nitrogens with one attached hydrogen (secondary N) is 2. The molecule has 18 nitrogen and oxygen atoms in total. The standard InChI is InChI=1S/C47H61N9O9S/c1-31(33-10-12-34(13-11-33)42-32(2)48-30-66-42)49-44(60)38-26-35(57)27-56(38)45(61)43(47(3,4)5)52-40(58)28-64-24-22-62-20-21-63-23-25-65-29-41(59)54-18-16-53(17-19-54)39-14-15-55-37-9-7-6-8-36(37)50-46(55)51-39/h6-15,30-31,35,38,43,57H,16-29H2,1-5H3,(H,49,60)(H,52,58)/t31-,35+,38-,43?/m0/s1. The van der Waals surface area contributed by atoms with Gasteiger partial charge in [0.05, 0.1) is 78.9 Å². The Labute approximate surface area is 388 Å². The number of carbonyl (C=O) groups excluding carboxylic acids is 4. The van der Waals surface area contributed by atoms with Crippen LogP contribution in [0.25, 0.3) is 27.3 Å². The van der Waals surface area contributed by atoms with Gasteiger partial charge in [-0.2, -0.15) is 4.98 Å². The minimum atomic E-state index is -0.976. The van der Waals surface area contributed by atoms with Crippen molar-refractivity contribution in [2.24, 2.45) is 5.41 Å². The second-order valence-electron chi connectivity index (χ2n) is 17.6. The first kappa shape index (κ1) is 48.4. The lowest BCUT2D eigenvalue weighted by molar-refractivity contribution is -0.144. The molecule has 0 spiro atoms. The fraction of sp³-hybridized carbons (Fsp3) is 0.511. The number of piperazine rings is 1. The van der Waals surface area contributed by atoms with E-state index in [0.29, 0.717) is 51.8 Å². The maximum Gasteiger partial charge on any atom is 0.248 e. The number of hydrogen-bond donors (Lipinski definition) is 3. The number of aryl methyl sites for hydroxylation is 1. The van der Waals surface area contributed by atoms with Crippen LogP contribution in [0.2, 0.25) is 0 Å². The van der Waals surface area contributed by atoms with Gasteiger partial charge in [-0.05, 0) is 48.6 Å². The number of anilines is 1. The third kappa shape index (κ3) is 12.2. The predicted octanol–water partition coefficient (Wildman–Crippen LogP) is 3.40. The van der Waals surface area contributed by atoms with Gasteiger partial charge < -0.3 is 49.4 Å². The van der Waals surface area contributed by atoms with Crippen LogP contribution in [0.1, 0.15) is 51.4 Å². The summed E-state index contributed by atoms with van der Waals surface area (Å²) < 4.78 is 24.2. The van der Waals surface area contributed by atoms with Crippen molar-refractivity contribution in [3.8, 4) is 10.4 Å². The Kier molecular flexibility index (Phi) is 16.3. The quantitative estimate of drug-likeness (QED) is 0.0961. The zero-order chi connectivity index (χ0) is 46.8. The van der Waals surface area contributed by atoms with Gasteiger partial charge >= 0.3 is 0 Å². The van der Waals surface area contributed by atoms with Crippen molar-refractivity contribution < 1.29 is 43.2 Å². The molecule has 2 aliphatic rings. The van der Waals surface area contributed by atoms with E-state index >= 15 is 0 Å². The van der Waals surface area contributed by atoms with Crippen molar-refractivity contribution in [1.82, 2.24) is 39.8 Å². The van der Waals surface area contributed by atoms with Crippen LogP contribution in [0.15, 0.2) is 66.3 Å². The molecule has 2 fully saturated rings. The SMILES string of the molecule is Cc1ncsc1-c1ccc([C@H](C)NC(=O)[C@@H]2C[C@@H](O)CN2C(=O)C(NC(=O)COCCOCCOCCOCC(=O)N2CCN(c3ccn4c(n3)nc3ccccc34)CC2)C(C)(C)C)cc1. The molecule has 0 aliphatic carbocycles. The van der Waals surface area contributed by atoms with Crippen molar-refractivity contribution in [3.63, 3.8) is 0 Å². The summed E-state index contributed by atoms with van der Waals surface area (Å²) >= 11 is 1.57. The lowest BCUT2D eigenvalue weighted by Crippen LogP contribution is -2.58. The van der Waals surface area contributed by atoms with E-state index in [9.17, 15) is 24.3 Å². The van der Waals surface area contributed by atoms with E-state index in [0.717, 1.165) is 38.5 Å². The van der Waals surface area contributed by atoms with E-state index < -0.39 is 35.4 Å². The molecule has 1 unspecified atom stereocenters. The lowest BCUT2D eigenvalue weighted by Gasteiger charge is -2.35. The van der Waals surface area contributed by atoms with Crippen LogP contribution in [0.4, 0.5) is 5.82 Å². The number of aliphatic hydroxyl groups excluding tert-OH is 1. The first-order chi connectivity index (χ1) is 31.8. The van der Waals surface area contributed by atoms with Crippen molar-refractivity contribution in [1.29, 1.82) is 0 Å². The minimum Gasteiger partial charge on any atom is -0.391 e. The smallest absolute Gasteiger partial charge is 0.248 e. The van der Waals surface area contributed by atoms with Gasteiger partial charge in [-0.3, -0.25) is 23.6 Å². The number of carbonyl (C=O) groups is 4. The molecule has 7 rings (SSSR count). The molecule has 19 heteroatoms. The first-order valence-corrected chi connectivity index (χ1v) is 23.3. The number of nitrogens with zero attached hydrogens (tertiary/aromatic N) is 7. The molecule has 2 aliphatic heterocycles. The molecule has 5 heterocycles. The molecule has 354 valence electrons. The molecule has 0 radical (unpaired) electrons.